The van der Waals surface area contributed by atoms with Gasteiger partial charge >= 0.3 is 0 Å². The number of allylic oxidation sites excluding steroid dienone is 1. The Balaban J connectivity index is 2.16. The van der Waals surface area contributed by atoms with E-state index >= 15 is 0 Å². The lowest BCUT2D eigenvalue weighted by Crippen LogP contribution is -1.94. The fraction of sp³-hybridized carbons (Fsp3) is 0.176. The van der Waals surface area contributed by atoms with Crippen LogP contribution in [0.4, 0.5) is 0 Å². The van der Waals surface area contributed by atoms with Crippen LogP contribution in [0.3, 0.4) is 0 Å². The van der Waals surface area contributed by atoms with Crippen molar-refractivity contribution < 1.29 is 0 Å². The molecule has 0 heteroatoms. The molecule has 1 unspecified atom stereocenters. The fourth-order valence-electron chi connectivity index (χ4n) is 1.92. The molecule has 0 amide bonds. The molecule has 0 saturated heterocycles. The third kappa shape index (κ3) is 3.07. The molecule has 0 saturated carbocycles. The van der Waals surface area contributed by atoms with E-state index < -0.39 is 0 Å². The second-order valence-electron chi connectivity index (χ2n) is 4.48. The van der Waals surface area contributed by atoms with Crippen molar-refractivity contribution in [3.05, 3.63) is 72.8 Å². The van der Waals surface area contributed by atoms with Crippen molar-refractivity contribution in [1.29, 1.82) is 0 Å². The molecule has 0 radical (unpaired) electrons. The summed E-state index contributed by atoms with van der Waals surface area (Å²) in [6.45, 7) is 6.01. The van der Waals surface area contributed by atoms with Crippen molar-refractivity contribution in [3.63, 3.8) is 0 Å². The van der Waals surface area contributed by atoms with E-state index in [1.807, 2.05) is 12.1 Å². The summed E-state index contributed by atoms with van der Waals surface area (Å²) in [5.74, 6) is 0.539. The highest BCUT2D eigenvalue weighted by atomic mass is 14.1. The van der Waals surface area contributed by atoms with Crippen LogP contribution < -0.4 is 0 Å². The second-order valence-corrected chi connectivity index (χ2v) is 4.48. The summed E-state index contributed by atoms with van der Waals surface area (Å²) in [4.78, 5) is 0. The minimum Gasteiger partial charge on any atom is -0.103 e. The number of benzene rings is 2. The number of hydrogen-bond acceptors (Lipinski definition) is 0. The van der Waals surface area contributed by atoms with Gasteiger partial charge in [0.2, 0.25) is 0 Å². The van der Waals surface area contributed by atoms with E-state index in [2.05, 4.69) is 62.0 Å². The van der Waals surface area contributed by atoms with Crippen LogP contribution in [-0.4, -0.2) is 0 Å². The molecule has 0 heterocycles. The van der Waals surface area contributed by atoms with Gasteiger partial charge in [0, 0.05) is 0 Å². The van der Waals surface area contributed by atoms with Gasteiger partial charge in [-0.05, 0) is 29.0 Å². The van der Waals surface area contributed by atoms with E-state index in [1.165, 1.54) is 16.7 Å². The monoisotopic (exact) mass is 222 g/mol. The Morgan fingerprint density at radius 1 is 0.941 bits per heavy atom. The van der Waals surface area contributed by atoms with Crippen LogP contribution in [0.5, 0.6) is 0 Å². The Labute approximate surface area is 104 Å². The molecule has 0 fully saturated rings. The maximum Gasteiger partial charge on any atom is -0.0184 e. The van der Waals surface area contributed by atoms with Crippen molar-refractivity contribution in [2.24, 2.45) is 5.92 Å². The van der Waals surface area contributed by atoms with Gasteiger partial charge in [0.05, 0.1) is 0 Å². The maximum absolute atomic E-state index is 3.82. The summed E-state index contributed by atoms with van der Waals surface area (Å²) in [5, 5.41) is 0. The molecular formula is C17H18. The van der Waals surface area contributed by atoms with Gasteiger partial charge in [-0.25, -0.2) is 0 Å². The zero-order valence-electron chi connectivity index (χ0n) is 10.3. The zero-order valence-corrected chi connectivity index (χ0v) is 10.3. The van der Waals surface area contributed by atoms with Crippen LogP contribution in [0.2, 0.25) is 0 Å². The first-order valence-electron chi connectivity index (χ1n) is 6.06. The molecule has 0 aliphatic heterocycles. The molecule has 0 spiro atoms. The Bertz CT molecular complexity index is 465. The van der Waals surface area contributed by atoms with Crippen LogP contribution >= 0.6 is 0 Å². The summed E-state index contributed by atoms with van der Waals surface area (Å²) in [7, 11) is 0. The summed E-state index contributed by atoms with van der Waals surface area (Å²) < 4.78 is 0. The van der Waals surface area contributed by atoms with Crippen LogP contribution in [0, 0.1) is 5.92 Å². The van der Waals surface area contributed by atoms with Crippen molar-refractivity contribution in [1.82, 2.24) is 0 Å². The maximum atomic E-state index is 3.82. The third-order valence-electron chi connectivity index (χ3n) is 3.02. The first-order chi connectivity index (χ1) is 8.29. The predicted molar refractivity (Wildman–Crippen MR) is 74.9 cm³/mol. The molecule has 0 aromatic heterocycles. The van der Waals surface area contributed by atoms with Gasteiger partial charge in [0.15, 0.2) is 0 Å². The average Bonchev–Trinajstić information content (AvgIpc) is 2.40. The van der Waals surface area contributed by atoms with E-state index in [9.17, 15) is 0 Å². The van der Waals surface area contributed by atoms with E-state index in [0.717, 1.165) is 6.42 Å². The molecule has 86 valence electrons. The second kappa shape index (κ2) is 5.49. The minimum atomic E-state index is 0.539. The Hall–Kier alpha value is -1.82. The standard InChI is InChI=1S/C17H18/c1-3-14(2)13-15-9-11-17(12-10-15)16-7-5-4-6-8-16/h3-12,14H,1,13H2,2H3. The summed E-state index contributed by atoms with van der Waals surface area (Å²) >= 11 is 0. The Kier molecular flexibility index (Phi) is 3.77. The van der Waals surface area contributed by atoms with Crippen molar-refractivity contribution in [3.8, 4) is 11.1 Å². The van der Waals surface area contributed by atoms with Crippen molar-refractivity contribution in [2.75, 3.05) is 0 Å². The molecule has 0 N–H and O–H groups in total. The molecule has 0 bridgehead atoms. The van der Waals surface area contributed by atoms with Gasteiger partial charge in [-0.1, -0.05) is 67.6 Å². The Morgan fingerprint density at radius 3 is 2.12 bits per heavy atom. The van der Waals surface area contributed by atoms with Gasteiger partial charge in [-0.3, -0.25) is 0 Å². The summed E-state index contributed by atoms with van der Waals surface area (Å²) in [6, 6.07) is 19.3. The molecule has 0 aliphatic rings. The fourth-order valence-corrected chi connectivity index (χ4v) is 1.92. The van der Waals surface area contributed by atoms with Crippen LogP contribution in [-0.2, 0) is 6.42 Å². The highest BCUT2D eigenvalue weighted by Crippen LogP contribution is 2.20. The molecular weight excluding hydrogens is 204 g/mol. The molecule has 2 aromatic rings. The van der Waals surface area contributed by atoms with E-state index in [-0.39, 0.29) is 0 Å². The first-order valence-corrected chi connectivity index (χ1v) is 6.06. The molecule has 2 rings (SSSR count). The van der Waals surface area contributed by atoms with Crippen LogP contribution in [0.1, 0.15) is 12.5 Å². The van der Waals surface area contributed by atoms with Gasteiger partial charge < -0.3 is 0 Å². The highest BCUT2D eigenvalue weighted by molar-refractivity contribution is 5.63. The molecule has 0 nitrogen and oxygen atoms in total. The normalized spacial score (nSPS) is 12.1. The molecule has 1 atom stereocenters. The summed E-state index contributed by atoms with van der Waals surface area (Å²) in [5.41, 5.74) is 3.92. The largest absolute Gasteiger partial charge is 0.103 e. The van der Waals surface area contributed by atoms with Gasteiger partial charge in [0.1, 0.15) is 0 Å². The Morgan fingerprint density at radius 2 is 1.53 bits per heavy atom. The van der Waals surface area contributed by atoms with Gasteiger partial charge in [-0.15, -0.1) is 6.58 Å². The predicted octanol–water partition coefficient (Wildman–Crippen LogP) is 4.72. The molecule has 17 heavy (non-hydrogen) atoms. The highest BCUT2D eigenvalue weighted by Gasteiger charge is 2.00. The number of hydrogen-bond donors (Lipinski definition) is 0. The SMILES string of the molecule is C=CC(C)Cc1ccc(-c2ccccc2)cc1. The first kappa shape index (κ1) is 11.7. The lowest BCUT2D eigenvalue weighted by molar-refractivity contribution is 0.726. The molecule has 0 aliphatic carbocycles. The van der Waals surface area contributed by atoms with Gasteiger partial charge in [0.25, 0.3) is 0 Å². The third-order valence-corrected chi connectivity index (χ3v) is 3.02. The lowest BCUT2D eigenvalue weighted by atomic mass is 9.98. The van der Waals surface area contributed by atoms with Crippen LogP contribution in [0.15, 0.2) is 67.3 Å². The van der Waals surface area contributed by atoms with Crippen LogP contribution in [0.25, 0.3) is 11.1 Å². The summed E-state index contributed by atoms with van der Waals surface area (Å²) in [6.07, 6.45) is 3.07. The lowest BCUT2D eigenvalue weighted by Gasteiger charge is -2.07. The number of rotatable bonds is 4. The van der Waals surface area contributed by atoms with E-state index in [4.69, 9.17) is 0 Å². The van der Waals surface area contributed by atoms with E-state index in [0.29, 0.717) is 5.92 Å². The molecule has 2 aromatic carbocycles. The van der Waals surface area contributed by atoms with Crippen molar-refractivity contribution in [2.45, 2.75) is 13.3 Å². The smallest absolute Gasteiger partial charge is 0.0184 e. The topological polar surface area (TPSA) is 0 Å². The average molecular weight is 222 g/mol. The minimum absolute atomic E-state index is 0.539. The van der Waals surface area contributed by atoms with Gasteiger partial charge in [-0.2, -0.15) is 0 Å². The van der Waals surface area contributed by atoms with Crippen molar-refractivity contribution >= 4 is 0 Å². The quantitative estimate of drug-likeness (QED) is 0.657. The zero-order chi connectivity index (χ0) is 12.1. The van der Waals surface area contributed by atoms with E-state index in [1.54, 1.807) is 0 Å².